The molecule has 90 valence electrons. The van der Waals surface area contributed by atoms with Gasteiger partial charge in [0.25, 0.3) is 0 Å². The fourth-order valence-electron chi connectivity index (χ4n) is 2.15. The molecule has 0 unspecified atom stereocenters. The Morgan fingerprint density at radius 2 is 1.39 bits per heavy atom. The second-order valence-corrected chi connectivity index (χ2v) is 5.08. The van der Waals surface area contributed by atoms with Crippen LogP contribution in [-0.2, 0) is 0 Å². The first-order chi connectivity index (χ1) is 8.74. The van der Waals surface area contributed by atoms with E-state index >= 15 is 0 Å². The highest BCUT2D eigenvalue weighted by atomic mass is 16.1. The van der Waals surface area contributed by atoms with Crippen LogP contribution >= 0.6 is 0 Å². The molecule has 0 spiro atoms. The smallest absolute Gasteiger partial charge is 0.165 e. The summed E-state index contributed by atoms with van der Waals surface area (Å²) >= 11 is 0. The summed E-state index contributed by atoms with van der Waals surface area (Å²) in [7, 11) is 0. The van der Waals surface area contributed by atoms with Crippen molar-refractivity contribution in [2.45, 2.75) is 19.8 Å². The largest absolute Gasteiger partial charge is 0.294 e. The summed E-state index contributed by atoms with van der Waals surface area (Å²) in [6.45, 7) is 2.08. The highest BCUT2D eigenvalue weighted by molar-refractivity contribution is 5.99. The van der Waals surface area contributed by atoms with Crippen LogP contribution in [0, 0.1) is 12.8 Å². The zero-order chi connectivity index (χ0) is 12.5. The van der Waals surface area contributed by atoms with E-state index in [0.29, 0.717) is 11.7 Å². The number of aryl methyl sites for hydroxylation is 1. The maximum atomic E-state index is 11.9. The predicted octanol–water partition coefficient (Wildman–Crippen LogP) is 4.25. The maximum absolute atomic E-state index is 11.9. The van der Waals surface area contributed by atoms with E-state index in [-0.39, 0.29) is 0 Å². The van der Waals surface area contributed by atoms with Crippen molar-refractivity contribution in [3.63, 3.8) is 0 Å². The van der Waals surface area contributed by atoms with Gasteiger partial charge in [0.15, 0.2) is 5.78 Å². The number of benzene rings is 2. The van der Waals surface area contributed by atoms with Gasteiger partial charge in [-0.1, -0.05) is 54.1 Å². The molecule has 0 radical (unpaired) electrons. The lowest BCUT2D eigenvalue weighted by atomic mass is 10.0. The highest BCUT2D eigenvalue weighted by Crippen LogP contribution is 2.33. The van der Waals surface area contributed by atoms with Gasteiger partial charge in [0.2, 0.25) is 0 Å². The third-order valence-electron chi connectivity index (χ3n) is 3.50. The van der Waals surface area contributed by atoms with Crippen molar-refractivity contribution < 1.29 is 4.79 Å². The molecule has 0 aromatic heterocycles. The van der Waals surface area contributed by atoms with Crippen LogP contribution in [0.2, 0.25) is 0 Å². The van der Waals surface area contributed by atoms with E-state index in [1.54, 1.807) is 0 Å². The molecule has 1 fully saturated rings. The molecule has 0 amide bonds. The molecule has 1 saturated carbocycles. The lowest BCUT2D eigenvalue weighted by Gasteiger charge is -2.04. The standard InChI is InChI=1S/C17H16O/c1-12-2-4-13(5-3-12)14-6-8-15(9-7-14)17(18)16-10-11-16/h2-9,16H,10-11H2,1H3. The Morgan fingerprint density at radius 1 is 0.889 bits per heavy atom. The molecule has 0 saturated heterocycles. The summed E-state index contributed by atoms with van der Waals surface area (Å²) < 4.78 is 0. The number of rotatable bonds is 3. The highest BCUT2D eigenvalue weighted by Gasteiger charge is 2.30. The molecule has 2 aromatic rings. The predicted molar refractivity (Wildman–Crippen MR) is 73.7 cm³/mol. The van der Waals surface area contributed by atoms with Gasteiger partial charge >= 0.3 is 0 Å². The molecule has 3 rings (SSSR count). The van der Waals surface area contributed by atoms with Gasteiger partial charge in [-0.25, -0.2) is 0 Å². The molecule has 0 bridgehead atoms. The Kier molecular flexibility index (Phi) is 2.75. The Balaban J connectivity index is 1.86. The van der Waals surface area contributed by atoms with Crippen LogP contribution in [0.15, 0.2) is 48.5 Å². The van der Waals surface area contributed by atoms with Gasteiger partial charge in [-0.15, -0.1) is 0 Å². The van der Waals surface area contributed by atoms with Crippen molar-refractivity contribution in [1.82, 2.24) is 0 Å². The van der Waals surface area contributed by atoms with Gasteiger partial charge in [-0.2, -0.15) is 0 Å². The topological polar surface area (TPSA) is 17.1 Å². The van der Waals surface area contributed by atoms with Gasteiger partial charge in [0, 0.05) is 11.5 Å². The van der Waals surface area contributed by atoms with Crippen molar-refractivity contribution in [2.75, 3.05) is 0 Å². The van der Waals surface area contributed by atoms with E-state index < -0.39 is 0 Å². The molecular formula is C17H16O. The Morgan fingerprint density at radius 3 is 1.89 bits per heavy atom. The fraction of sp³-hybridized carbons (Fsp3) is 0.235. The quantitative estimate of drug-likeness (QED) is 0.728. The second-order valence-electron chi connectivity index (χ2n) is 5.08. The number of hydrogen-bond acceptors (Lipinski definition) is 1. The Labute approximate surface area is 107 Å². The van der Waals surface area contributed by atoms with Gasteiger partial charge in [-0.05, 0) is 30.9 Å². The third-order valence-corrected chi connectivity index (χ3v) is 3.50. The first-order valence-electron chi connectivity index (χ1n) is 6.45. The molecule has 18 heavy (non-hydrogen) atoms. The van der Waals surface area contributed by atoms with Gasteiger partial charge in [0.1, 0.15) is 0 Å². The number of hydrogen-bond donors (Lipinski definition) is 0. The van der Waals surface area contributed by atoms with Crippen LogP contribution in [0.5, 0.6) is 0 Å². The summed E-state index contributed by atoms with van der Waals surface area (Å²) in [5, 5.41) is 0. The first-order valence-corrected chi connectivity index (χ1v) is 6.45. The van der Waals surface area contributed by atoms with Crippen molar-refractivity contribution >= 4 is 5.78 Å². The van der Waals surface area contributed by atoms with Gasteiger partial charge in [-0.3, -0.25) is 4.79 Å². The van der Waals surface area contributed by atoms with E-state index in [1.165, 1.54) is 16.7 Å². The SMILES string of the molecule is Cc1ccc(-c2ccc(C(=O)C3CC3)cc2)cc1. The number of carbonyl (C=O) groups is 1. The van der Waals surface area contributed by atoms with E-state index in [4.69, 9.17) is 0 Å². The summed E-state index contributed by atoms with van der Waals surface area (Å²) in [5.74, 6) is 0.612. The summed E-state index contributed by atoms with van der Waals surface area (Å²) in [6, 6.07) is 16.4. The number of Topliss-reactive ketones (excluding diaryl/α,β-unsaturated/α-hetero) is 1. The average Bonchev–Trinajstić information content (AvgIpc) is 3.23. The average molecular weight is 236 g/mol. The minimum atomic E-state index is 0.301. The zero-order valence-corrected chi connectivity index (χ0v) is 10.5. The van der Waals surface area contributed by atoms with Crippen molar-refractivity contribution in [3.05, 3.63) is 59.7 Å². The second kappa shape index (κ2) is 4.41. The molecule has 1 nitrogen and oxygen atoms in total. The summed E-state index contributed by atoms with van der Waals surface area (Å²) in [4.78, 5) is 11.9. The molecule has 0 heterocycles. The van der Waals surface area contributed by atoms with Crippen molar-refractivity contribution in [1.29, 1.82) is 0 Å². The van der Waals surface area contributed by atoms with Crippen molar-refractivity contribution in [2.24, 2.45) is 5.92 Å². The van der Waals surface area contributed by atoms with Crippen LogP contribution in [-0.4, -0.2) is 5.78 Å². The normalized spacial score (nSPS) is 14.5. The van der Waals surface area contributed by atoms with E-state index in [1.807, 2.05) is 24.3 Å². The van der Waals surface area contributed by atoms with Crippen LogP contribution in [0.3, 0.4) is 0 Å². The number of ketones is 1. The molecule has 0 atom stereocenters. The first kappa shape index (κ1) is 11.2. The van der Waals surface area contributed by atoms with Crippen LogP contribution in [0.25, 0.3) is 11.1 Å². The molecule has 1 aliphatic carbocycles. The molecule has 1 heteroatoms. The van der Waals surface area contributed by atoms with E-state index in [9.17, 15) is 4.79 Å². The minimum Gasteiger partial charge on any atom is -0.294 e. The monoisotopic (exact) mass is 236 g/mol. The summed E-state index contributed by atoms with van der Waals surface area (Å²) in [5.41, 5.74) is 4.49. The molecule has 1 aliphatic rings. The zero-order valence-electron chi connectivity index (χ0n) is 10.5. The Bertz CT molecular complexity index is 560. The minimum absolute atomic E-state index is 0.301. The van der Waals surface area contributed by atoms with Crippen LogP contribution in [0.4, 0.5) is 0 Å². The van der Waals surface area contributed by atoms with Gasteiger partial charge < -0.3 is 0 Å². The molecular weight excluding hydrogens is 220 g/mol. The van der Waals surface area contributed by atoms with E-state index in [2.05, 4.69) is 31.2 Å². The molecule has 0 aliphatic heterocycles. The molecule has 2 aromatic carbocycles. The van der Waals surface area contributed by atoms with Crippen LogP contribution in [0.1, 0.15) is 28.8 Å². The Hall–Kier alpha value is -1.89. The lowest BCUT2D eigenvalue weighted by Crippen LogP contribution is -2.00. The maximum Gasteiger partial charge on any atom is 0.165 e. The number of carbonyl (C=O) groups excluding carboxylic acids is 1. The fourth-order valence-corrected chi connectivity index (χ4v) is 2.15. The van der Waals surface area contributed by atoms with Gasteiger partial charge in [0.05, 0.1) is 0 Å². The molecule has 0 N–H and O–H groups in total. The summed E-state index contributed by atoms with van der Waals surface area (Å²) in [6.07, 6.45) is 2.14. The van der Waals surface area contributed by atoms with Crippen LogP contribution < -0.4 is 0 Å². The lowest BCUT2D eigenvalue weighted by molar-refractivity contribution is 0.0967. The van der Waals surface area contributed by atoms with E-state index in [0.717, 1.165) is 18.4 Å². The third kappa shape index (κ3) is 2.21. The van der Waals surface area contributed by atoms with Crippen molar-refractivity contribution in [3.8, 4) is 11.1 Å².